The molecule has 1 N–H and O–H groups in total. The predicted molar refractivity (Wildman–Crippen MR) is 109 cm³/mol. The molecule has 146 valence electrons. The lowest BCUT2D eigenvalue weighted by molar-refractivity contribution is -0.143. The molecular formula is C21H23N3O3S. The molecule has 2 heterocycles. The fraction of sp³-hybridized carbons (Fsp3) is 0.286. The Morgan fingerprint density at radius 1 is 1.18 bits per heavy atom. The second-order valence-electron chi connectivity index (χ2n) is 6.22. The standard InChI is InChI=1S/C21H23N3O3S/c1-2-27-19(25)11-6-12-22-21(26)17-15-24(14-16-8-4-3-5-9-16)23-20(17)18-10-7-13-28-18/h3-5,7-10,13,15H,2,6,11-12,14H2,1H3,(H,22,26). The summed E-state index contributed by atoms with van der Waals surface area (Å²) in [5.41, 5.74) is 2.33. The molecule has 0 aliphatic carbocycles. The summed E-state index contributed by atoms with van der Waals surface area (Å²) in [6.45, 7) is 3.15. The Kier molecular flexibility index (Phi) is 6.97. The van der Waals surface area contributed by atoms with E-state index in [1.807, 2.05) is 47.8 Å². The summed E-state index contributed by atoms with van der Waals surface area (Å²) in [7, 11) is 0. The van der Waals surface area contributed by atoms with Gasteiger partial charge in [0.25, 0.3) is 5.91 Å². The minimum absolute atomic E-state index is 0.188. The van der Waals surface area contributed by atoms with Gasteiger partial charge in [-0.3, -0.25) is 14.3 Å². The molecule has 2 aromatic heterocycles. The zero-order valence-electron chi connectivity index (χ0n) is 15.8. The van der Waals surface area contributed by atoms with Gasteiger partial charge in [-0.25, -0.2) is 0 Å². The number of benzene rings is 1. The van der Waals surface area contributed by atoms with Crippen LogP contribution in [-0.4, -0.2) is 34.8 Å². The molecule has 28 heavy (non-hydrogen) atoms. The fourth-order valence-corrected chi connectivity index (χ4v) is 3.52. The van der Waals surface area contributed by atoms with Crippen LogP contribution >= 0.6 is 11.3 Å². The number of nitrogens with zero attached hydrogens (tertiary/aromatic N) is 2. The second-order valence-corrected chi connectivity index (χ2v) is 7.16. The van der Waals surface area contributed by atoms with Gasteiger partial charge >= 0.3 is 5.97 Å². The molecule has 1 aromatic carbocycles. The number of carbonyl (C=O) groups is 2. The van der Waals surface area contributed by atoms with Crippen molar-refractivity contribution >= 4 is 23.2 Å². The van der Waals surface area contributed by atoms with Crippen LogP contribution in [0, 0.1) is 0 Å². The van der Waals surface area contributed by atoms with Crippen molar-refractivity contribution in [1.29, 1.82) is 0 Å². The monoisotopic (exact) mass is 397 g/mol. The van der Waals surface area contributed by atoms with Gasteiger partial charge < -0.3 is 10.1 Å². The summed E-state index contributed by atoms with van der Waals surface area (Å²) < 4.78 is 6.69. The number of hydrogen-bond donors (Lipinski definition) is 1. The van der Waals surface area contributed by atoms with Gasteiger partial charge in [0.15, 0.2) is 0 Å². The van der Waals surface area contributed by atoms with Crippen molar-refractivity contribution in [3.63, 3.8) is 0 Å². The van der Waals surface area contributed by atoms with E-state index in [0.717, 1.165) is 10.4 Å². The predicted octanol–water partition coefficient (Wildman–Crippen LogP) is 3.73. The molecule has 0 aliphatic heterocycles. The number of esters is 1. The van der Waals surface area contributed by atoms with Crippen LogP contribution in [0.25, 0.3) is 10.6 Å². The van der Waals surface area contributed by atoms with Crippen molar-refractivity contribution in [3.8, 4) is 10.6 Å². The molecule has 0 aliphatic rings. The number of ether oxygens (including phenoxy) is 1. The number of aromatic nitrogens is 2. The molecule has 0 radical (unpaired) electrons. The summed E-state index contributed by atoms with van der Waals surface area (Å²) in [6, 6.07) is 13.9. The minimum atomic E-state index is -0.244. The van der Waals surface area contributed by atoms with Crippen molar-refractivity contribution in [2.75, 3.05) is 13.2 Å². The second kappa shape index (κ2) is 9.85. The highest BCUT2D eigenvalue weighted by Gasteiger charge is 2.18. The zero-order valence-corrected chi connectivity index (χ0v) is 16.6. The van der Waals surface area contributed by atoms with Crippen LogP contribution in [-0.2, 0) is 16.1 Å². The third-order valence-corrected chi connectivity index (χ3v) is 4.97. The van der Waals surface area contributed by atoms with Crippen molar-refractivity contribution in [3.05, 3.63) is 65.2 Å². The van der Waals surface area contributed by atoms with Crippen LogP contribution in [0.2, 0.25) is 0 Å². The average Bonchev–Trinajstić information content (AvgIpc) is 3.36. The van der Waals surface area contributed by atoms with Gasteiger partial charge in [0.05, 0.1) is 23.6 Å². The highest BCUT2D eigenvalue weighted by molar-refractivity contribution is 7.13. The van der Waals surface area contributed by atoms with Crippen LogP contribution in [0.1, 0.15) is 35.7 Å². The molecule has 0 bridgehead atoms. The largest absolute Gasteiger partial charge is 0.466 e. The van der Waals surface area contributed by atoms with E-state index in [1.54, 1.807) is 29.1 Å². The van der Waals surface area contributed by atoms with Crippen LogP contribution in [0.4, 0.5) is 0 Å². The SMILES string of the molecule is CCOC(=O)CCCNC(=O)c1cn(Cc2ccccc2)nc1-c1cccs1. The average molecular weight is 398 g/mol. The third-order valence-electron chi connectivity index (χ3n) is 4.10. The van der Waals surface area contributed by atoms with E-state index in [2.05, 4.69) is 10.4 Å². The maximum absolute atomic E-state index is 12.7. The highest BCUT2D eigenvalue weighted by Crippen LogP contribution is 2.27. The first-order valence-corrected chi connectivity index (χ1v) is 10.1. The molecule has 7 heteroatoms. The summed E-state index contributed by atoms with van der Waals surface area (Å²) >= 11 is 1.55. The molecule has 0 fully saturated rings. The molecule has 0 unspecified atom stereocenters. The molecular weight excluding hydrogens is 374 g/mol. The summed E-state index contributed by atoms with van der Waals surface area (Å²) in [5.74, 6) is -0.432. The third kappa shape index (κ3) is 5.29. The lowest BCUT2D eigenvalue weighted by Crippen LogP contribution is -2.25. The molecule has 6 nitrogen and oxygen atoms in total. The molecule has 1 amide bonds. The Balaban J connectivity index is 1.69. The van der Waals surface area contributed by atoms with Gasteiger partial charge in [0, 0.05) is 19.2 Å². The zero-order chi connectivity index (χ0) is 19.8. The quantitative estimate of drug-likeness (QED) is 0.441. The topological polar surface area (TPSA) is 73.2 Å². The van der Waals surface area contributed by atoms with E-state index in [-0.39, 0.29) is 11.9 Å². The number of hydrogen-bond acceptors (Lipinski definition) is 5. The molecule has 3 aromatic rings. The van der Waals surface area contributed by atoms with Crippen LogP contribution in [0.5, 0.6) is 0 Å². The van der Waals surface area contributed by atoms with Crippen LogP contribution < -0.4 is 5.32 Å². The Morgan fingerprint density at radius 3 is 2.71 bits per heavy atom. The number of amides is 1. The maximum Gasteiger partial charge on any atom is 0.305 e. The first kappa shape index (κ1) is 19.8. The lowest BCUT2D eigenvalue weighted by atomic mass is 10.2. The van der Waals surface area contributed by atoms with Crippen LogP contribution in [0.15, 0.2) is 54.0 Å². The van der Waals surface area contributed by atoms with Gasteiger partial charge in [-0.05, 0) is 30.4 Å². The number of carbonyl (C=O) groups excluding carboxylic acids is 2. The lowest BCUT2D eigenvalue weighted by Gasteiger charge is -2.05. The van der Waals surface area contributed by atoms with Gasteiger partial charge in [-0.15, -0.1) is 11.3 Å². The number of thiophene rings is 1. The van der Waals surface area contributed by atoms with Crippen molar-refractivity contribution in [1.82, 2.24) is 15.1 Å². The summed E-state index contributed by atoms with van der Waals surface area (Å²) in [5, 5.41) is 9.49. The van der Waals surface area contributed by atoms with E-state index in [9.17, 15) is 9.59 Å². The van der Waals surface area contributed by atoms with E-state index in [4.69, 9.17) is 4.74 Å². The molecule has 0 saturated carbocycles. The first-order valence-electron chi connectivity index (χ1n) is 9.26. The highest BCUT2D eigenvalue weighted by atomic mass is 32.1. The van der Waals surface area contributed by atoms with Gasteiger partial charge in [-0.1, -0.05) is 36.4 Å². The smallest absolute Gasteiger partial charge is 0.305 e. The summed E-state index contributed by atoms with van der Waals surface area (Å²) in [4.78, 5) is 25.1. The Hall–Kier alpha value is -2.93. The molecule has 0 atom stereocenters. The van der Waals surface area contributed by atoms with Crippen molar-refractivity contribution in [2.45, 2.75) is 26.3 Å². The Morgan fingerprint density at radius 2 is 2.00 bits per heavy atom. The number of nitrogens with one attached hydrogen (secondary N) is 1. The first-order chi connectivity index (χ1) is 13.7. The normalized spacial score (nSPS) is 10.6. The Labute approximate surface area is 168 Å². The maximum atomic E-state index is 12.7. The van der Waals surface area contributed by atoms with Gasteiger partial charge in [0.2, 0.25) is 0 Å². The van der Waals surface area contributed by atoms with Crippen molar-refractivity contribution in [2.24, 2.45) is 0 Å². The van der Waals surface area contributed by atoms with Gasteiger partial charge in [0.1, 0.15) is 5.69 Å². The van der Waals surface area contributed by atoms with Crippen LogP contribution in [0.3, 0.4) is 0 Å². The van der Waals surface area contributed by atoms with E-state index in [1.165, 1.54) is 0 Å². The minimum Gasteiger partial charge on any atom is -0.466 e. The van der Waals surface area contributed by atoms with E-state index >= 15 is 0 Å². The van der Waals surface area contributed by atoms with E-state index in [0.29, 0.717) is 43.8 Å². The fourth-order valence-electron chi connectivity index (χ4n) is 2.80. The van der Waals surface area contributed by atoms with E-state index < -0.39 is 0 Å². The Bertz CT molecular complexity index is 904. The van der Waals surface area contributed by atoms with Crippen molar-refractivity contribution < 1.29 is 14.3 Å². The van der Waals surface area contributed by atoms with Gasteiger partial charge in [-0.2, -0.15) is 5.10 Å². The molecule has 3 rings (SSSR count). The summed E-state index contributed by atoms with van der Waals surface area (Å²) in [6.07, 6.45) is 2.61. The molecule has 0 saturated heterocycles. The molecule has 0 spiro atoms. The number of rotatable bonds is 9.